The number of carbonyl (C=O) groups excluding carboxylic acids is 1. The summed E-state index contributed by atoms with van der Waals surface area (Å²) in [6.45, 7) is 3.96. The number of hydrogen-bond acceptors (Lipinski definition) is 8. The first-order chi connectivity index (χ1) is 19.4. The number of amides is 1. The predicted octanol–water partition coefficient (Wildman–Crippen LogP) is 5.83. The number of rotatable bonds is 9. The lowest BCUT2D eigenvalue weighted by molar-refractivity contribution is -0.113. The molecule has 9 nitrogen and oxygen atoms in total. The average molecular weight is 558 g/mol. The Labute approximate surface area is 237 Å². The molecule has 0 unspecified atom stereocenters. The van der Waals surface area contributed by atoms with Crippen molar-refractivity contribution in [3.05, 3.63) is 94.7 Å². The molecule has 206 valence electrons. The van der Waals surface area contributed by atoms with Gasteiger partial charge < -0.3 is 24.8 Å². The van der Waals surface area contributed by atoms with Gasteiger partial charge in [-0.3, -0.25) is 4.79 Å². The second-order valence-electron chi connectivity index (χ2n) is 9.24. The summed E-state index contributed by atoms with van der Waals surface area (Å²) in [6, 6.07) is 20.5. The normalized spacial score (nSPS) is 14.3. The van der Waals surface area contributed by atoms with E-state index in [9.17, 15) is 4.79 Å². The first-order valence-corrected chi connectivity index (χ1v) is 13.7. The van der Waals surface area contributed by atoms with Gasteiger partial charge in [0.15, 0.2) is 11.5 Å². The van der Waals surface area contributed by atoms with E-state index >= 15 is 0 Å². The number of nitrogens with zero attached hydrogens (tertiary/aromatic N) is 3. The third-order valence-electron chi connectivity index (χ3n) is 6.77. The van der Waals surface area contributed by atoms with Gasteiger partial charge in [-0.1, -0.05) is 42.1 Å². The van der Waals surface area contributed by atoms with E-state index in [4.69, 9.17) is 24.3 Å². The van der Waals surface area contributed by atoms with Crippen LogP contribution in [0.4, 0.5) is 11.6 Å². The van der Waals surface area contributed by atoms with E-state index in [-0.39, 0.29) is 5.91 Å². The molecule has 10 heteroatoms. The highest BCUT2D eigenvalue weighted by molar-refractivity contribution is 7.98. The maximum atomic E-state index is 13.8. The Kier molecular flexibility index (Phi) is 7.97. The lowest BCUT2D eigenvalue weighted by atomic mass is 9.94. The molecule has 5 rings (SSSR count). The van der Waals surface area contributed by atoms with Crippen molar-refractivity contribution in [3.8, 4) is 17.2 Å². The summed E-state index contributed by atoms with van der Waals surface area (Å²) in [5, 5.41) is 11.8. The van der Waals surface area contributed by atoms with Crippen LogP contribution >= 0.6 is 11.8 Å². The minimum atomic E-state index is -0.561. The van der Waals surface area contributed by atoms with Gasteiger partial charge in [-0.25, -0.2) is 4.68 Å². The van der Waals surface area contributed by atoms with Crippen LogP contribution in [0.1, 0.15) is 29.7 Å². The number of anilines is 2. The van der Waals surface area contributed by atoms with Gasteiger partial charge >= 0.3 is 0 Å². The molecule has 0 aliphatic carbocycles. The molecule has 3 aromatic carbocycles. The Bertz CT molecular complexity index is 1560. The fraction of sp³-hybridized carbons (Fsp3) is 0.233. The highest BCUT2D eigenvalue weighted by Gasteiger charge is 2.35. The molecule has 0 spiro atoms. The lowest BCUT2D eigenvalue weighted by Gasteiger charge is -2.29. The summed E-state index contributed by atoms with van der Waals surface area (Å²) < 4.78 is 18.0. The second-order valence-corrected chi connectivity index (χ2v) is 10.2. The molecular formula is C30H31N5O4S. The van der Waals surface area contributed by atoms with Crippen LogP contribution in [0.3, 0.4) is 0 Å². The highest BCUT2D eigenvalue weighted by atomic mass is 32.2. The summed E-state index contributed by atoms with van der Waals surface area (Å²) in [6.07, 6.45) is 0. The van der Waals surface area contributed by atoms with Crippen LogP contribution in [0, 0.1) is 6.92 Å². The molecule has 2 N–H and O–H groups in total. The molecule has 1 aliphatic heterocycles. The average Bonchev–Trinajstić information content (AvgIpc) is 3.38. The molecule has 1 aliphatic rings. The molecule has 0 saturated heterocycles. The number of allylic oxidation sites excluding steroid dienone is 1. The van der Waals surface area contributed by atoms with E-state index in [0.29, 0.717) is 45.3 Å². The van der Waals surface area contributed by atoms with Gasteiger partial charge in [-0.15, -0.1) is 5.10 Å². The largest absolute Gasteiger partial charge is 0.497 e. The maximum Gasteiger partial charge on any atom is 0.255 e. The third kappa shape index (κ3) is 5.48. The van der Waals surface area contributed by atoms with Gasteiger partial charge in [-0.05, 0) is 66.9 Å². The number of carbonyl (C=O) groups is 1. The Morgan fingerprint density at radius 1 is 0.975 bits per heavy atom. The Balaban J connectivity index is 1.52. The molecule has 1 amide bonds. The van der Waals surface area contributed by atoms with Crippen LogP contribution in [0.15, 0.2) is 83.2 Å². The topological polar surface area (TPSA) is 99.5 Å². The van der Waals surface area contributed by atoms with Gasteiger partial charge in [0, 0.05) is 17.1 Å². The minimum absolute atomic E-state index is 0.259. The van der Waals surface area contributed by atoms with Gasteiger partial charge in [0.25, 0.3) is 5.91 Å². The van der Waals surface area contributed by atoms with Gasteiger partial charge in [0.05, 0.1) is 26.9 Å². The number of fused-ring (bicyclic) bond motifs is 1. The minimum Gasteiger partial charge on any atom is -0.497 e. The van der Waals surface area contributed by atoms with Crippen LogP contribution in [0.2, 0.25) is 0 Å². The van der Waals surface area contributed by atoms with Crippen LogP contribution in [0.5, 0.6) is 17.2 Å². The molecule has 4 aromatic rings. The van der Waals surface area contributed by atoms with Crippen LogP contribution in [0.25, 0.3) is 0 Å². The molecule has 1 atom stereocenters. The number of hydrogen-bond donors (Lipinski definition) is 2. The SMILES string of the molecule is COc1ccc(NC(=O)C2=C(C)Nc3nc(SCc4ccccc4C)nn3[C@H]2c2ccc(OC)c(OC)c2)cc1. The number of aromatic nitrogens is 3. The standard InChI is InChI=1S/C30H31N5O4S/c1-18-8-6-7-9-21(18)17-40-30-33-29-31-19(2)26(28(36)32-22-11-13-23(37-3)14-12-22)27(35(29)34-30)20-10-15-24(38-4)25(16-20)39-5/h6-16,27H,17H2,1-5H3,(H,32,36)(H,31,33,34)/t27-/m0/s1. The summed E-state index contributed by atoms with van der Waals surface area (Å²) in [5.41, 5.74) is 5.09. The van der Waals surface area contributed by atoms with Crippen molar-refractivity contribution in [2.75, 3.05) is 32.0 Å². The molecule has 0 fully saturated rings. The fourth-order valence-corrected chi connectivity index (χ4v) is 5.51. The number of nitrogens with one attached hydrogen (secondary N) is 2. The zero-order valence-electron chi connectivity index (χ0n) is 23.0. The van der Waals surface area contributed by atoms with E-state index in [1.165, 1.54) is 11.1 Å². The van der Waals surface area contributed by atoms with Gasteiger partial charge in [-0.2, -0.15) is 4.98 Å². The Morgan fingerprint density at radius 2 is 1.73 bits per heavy atom. The molecular weight excluding hydrogens is 526 g/mol. The zero-order chi connectivity index (χ0) is 28.2. The van der Waals surface area contributed by atoms with E-state index in [1.807, 2.05) is 37.3 Å². The fourth-order valence-electron chi connectivity index (χ4n) is 4.60. The Morgan fingerprint density at radius 3 is 2.42 bits per heavy atom. The number of thioether (sulfide) groups is 1. The molecule has 0 bridgehead atoms. The second kappa shape index (κ2) is 11.7. The molecule has 0 radical (unpaired) electrons. The van der Waals surface area contributed by atoms with Crippen LogP contribution in [-0.2, 0) is 10.5 Å². The zero-order valence-corrected chi connectivity index (χ0v) is 23.8. The van der Waals surface area contributed by atoms with Crippen molar-refractivity contribution in [1.82, 2.24) is 14.8 Å². The maximum absolute atomic E-state index is 13.8. The summed E-state index contributed by atoms with van der Waals surface area (Å²) in [4.78, 5) is 18.6. The van der Waals surface area contributed by atoms with E-state index in [0.717, 1.165) is 11.3 Å². The third-order valence-corrected chi connectivity index (χ3v) is 7.65. The monoisotopic (exact) mass is 557 g/mol. The smallest absolute Gasteiger partial charge is 0.255 e. The first-order valence-electron chi connectivity index (χ1n) is 12.7. The van der Waals surface area contributed by atoms with Gasteiger partial charge in [0.1, 0.15) is 11.8 Å². The van der Waals surface area contributed by atoms with Gasteiger partial charge in [0.2, 0.25) is 11.1 Å². The molecule has 1 aromatic heterocycles. The molecule has 40 heavy (non-hydrogen) atoms. The number of benzene rings is 3. The quantitative estimate of drug-likeness (QED) is 0.248. The van der Waals surface area contributed by atoms with Crippen LogP contribution < -0.4 is 24.8 Å². The Hall–Kier alpha value is -4.44. The summed E-state index contributed by atoms with van der Waals surface area (Å²) in [7, 11) is 4.78. The first kappa shape index (κ1) is 27.1. The molecule has 0 saturated carbocycles. The molecule has 2 heterocycles. The predicted molar refractivity (Wildman–Crippen MR) is 156 cm³/mol. The summed E-state index contributed by atoms with van der Waals surface area (Å²) >= 11 is 1.55. The number of methoxy groups -OCH3 is 3. The van der Waals surface area contributed by atoms with Crippen molar-refractivity contribution >= 4 is 29.3 Å². The summed E-state index contributed by atoms with van der Waals surface area (Å²) in [5.74, 6) is 2.89. The lowest BCUT2D eigenvalue weighted by Crippen LogP contribution is -2.31. The van der Waals surface area contributed by atoms with Crippen molar-refractivity contribution in [2.45, 2.75) is 30.8 Å². The number of aryl methyl sites for hydroxylation is 1. The van der Waals surface area contributed by atoms with E-state index < -0.39 is 6.04 Å². The van der Waals surface area contributed by atoms with Crippen molar-refractivity contribution in [2.24, 2.45) is 0 Å². The number of ether oxygens (including phenoxy) is 3. The van der Waals surface area contributed by atoms with E-state index in [2.05, 4.69) is 29.7 Å². The van der Waals surface area contributed by atoms with Crippen molar-refractivity contribution in [1.29, 1.82) is 0 Å². The van der Waals surface area contributed by atoms with E-state index in [1.54, 1.807) is 62.0 Å². The van der Waals surface area contributed by atoms with Crippen LogP contribution in [-0.4, -0.2) is 42.0 Å². The van der Waals surface area contributed by atoms with Crippen molar-refractivity contribution in [3.63, 3.8) is 0 Å². The highest BCUT2D eigenvalue weighted by Crippen LogP contribution is 2.40. The van der Waals surface area contributed by atoms with Crippen molar-refractivity contribution < 1.29 is 19.0 Å².